The van der Waals surface area contributed by atoms with E-state index < -0.39 is 0 Å². The zero-order valence-electron chi connectivity index (χ0n) is 27.7. The monoisotopic (exact) mass is 552 g/mol. The standard InChI is InChI=1S/C40H56O/c1-31(19-13-21-33(3)24-25-36-35(5)23-15-27-37(36,6)7)17-11-12-18-32(2)20-14-22-34(4)26-30-40-38(8,9)28-16-29-39(40,10)41-40/h11-14,17-22,24-26,30H,15-16,23,27-29H2,1-10H3/b12-11-,19-13+,20-14+,25-24+,30-26+,31-17+,32-18+,33-21+,34-22+. The predicted octanol–water partition coefficient (Wildman–Crippen LogP) is 11.8. The molecule has 222 valence electrons. The molecule has 0 N–H and O–H groups in total. The highest BCUT2D eigenvalue weighted by Crippen LogP contribution is 2.66. The minimum atomic E-state index is -0.103. The normalized spacial score (nSPS) is 29.6. The minimum absolute atomic E-state index is 0.0197. The fraction of sp³-hybridized carbons (Fsp3) is 0.500. The van der Waals surface area contributed by atoms with Crippen molar-refractivity contribution in [2.24, 2.45) is 10.8 Å². The molecule has 2 fully saturated rings. The van der Waals surface area contributed by atoms with Crippen molar-refractivity contribution < 1.29 is 4.74 Å². The maximum Gasteiger partial charge on any atom is 0.121 e. The Labute approximate surface area is 252 Å². The Morgan fingerprint density at radius 2 is 1.17 bits per heavy atom. The molecule has 0 radical (unpaired) electrons. The van der Waals surface area contributed by atoms with Crippen LogP contribution in [-0.4, -0.2) is 11.2 Å². The fourth-order valence-electron chi connectivity index (χ4n) is 6.72. The van der Waals surface area contributed by atoms with Crippen LogP contribution in [0.1, 0.15) is 108 Å². The molecule has 1 heterocycles. The number of allylic oxidation sites excluding steroid dienone is 19. The summed E-state index contributed by atoms with van der Waals surface area (Å²) in [6.45, 7) is 22.6. The Bertz CT molecular complexity index is 1260. The molecular weight excluding hydrogens is 496 g/mol. The first-order chi connectivity index (χ1) is 19.2. The van der Waals surface area contributed by atoms with E-state index in [1.165, 1.54) is 60.0 Å². The fourth-order valence-corrected chi connectivity index (χ4v) is 6.72. The smallest absolute Gasteiger partial charge is 0.121 e. The van der Waals surface area contributed by atoms with Crippen LogP contribution in [0.3, 0.4) is 0 Å². The molecule has 2 unspecified atom stereocenters. The molecular formula is C40H56O. The summed E-state index contributed by atoms with van der Waals surface area (Å²) in [6.07, 6.45) is 38.1. The number of hydrogen-bond acceptors (Lipinski definition) is 1. The minimum Gasteiger partial charge on any atom is -0.358 e. The maximum absolute atomic E-state index is 6.34. The third-order valence-electron chi connectivity index (χ3n) is 9.49. The van der Waals surface area contributed by atoms with Crippen LogP contribution in [-0.2, 0) is 4.74 Å². The SMILES string of the molecule is CC1=C(/C=C/C(C)=C/C=C/C(C)=C/C=C\C=C(C)\C=C\C=C(C)\C=C\C23OC2(C)CCCC3(C)C)C(C)(C)CCC1. The lowest BCUT2D eigenvalue weighted by Gasteiger charge is -2.36. The topological polar surface area (TPSA) is 12.5 Å². The molecule has 1 heteroatoms. The molecule has 2 aliphatic carbocycles. The van der Waals surface area contributed by atoms with Crippen LogP contribution < -0.4 is 0 Å². The number of rotatable bonds is 10. The summed E-state index contributed by atoms with van der Waals surface area (Å²) in [5.74, 6) is 0. The Hall–Kier alpha value is -2.64. The van der Waals surface area contributed by atoms with E-state index in [9.17, 15) is 0 Å². The van der Waals surface area contributed by atoms with E-state index >= 15 is 0 Å². The van der Waals surface area contributed by atoms with Gasteiger partial charge in [0.2, 0.25) is 0 Å². The first-order valence-corrected chi connectivity index (χ1v) is 15.7. The van der Waals surface area contributed by atoms with Gasteiger partial charge < -0.3 is 4.74 Å². The Balaban J connectivity index is 1.49. The second-order valence-corrected chi connectivity index (χ2v) is 14.1. The molecule has 3 rings (SSSR count). The summed E-state index contributed by atoms with van der Waals surface area (Å²) >= 11 is 0. The Morgan fingerprint density at radius 3 is 1.73 bits per heavy atom. The number of ether oxygens (including phenoxy) is 1. The summed E-state index contributed by atoms with van der Waals surface area (Å²) in [6, 6.07) is 0. The van der Waals surface area contributed by atoms with Gasteiger partial charge in [0.15, 0.2) is 0 Å². The number of hydrogen-bond donors (Lipinski definition) is 0. The van der Waals surface area contributed by atoms with Crippen LogP contribution in [0.25, 0.3) is 0 Å². The third kappa shape index (κ3) is 8.45. The van der Waals surface area contributed by atoms with Crippen molar-refractivity contribution in [3.05, 3.63) is 119 Å². The summed E-state index contributed by atoms with van der Waals surface area (Å²) in [5.41, 5.74) is 8.42. The number of epoxide rings is 1. The van der Waals surface area contributed by atoms with Crippen molar-refractivity contribution in [2.45, 2.75) is 119 Å². The summed E-state index contributed by atoms with van der Waals surface area (Å²) < 4.78 is 6.34. The van der Waals surface area contributed by atoms with Crippen LogP contribution in [0.5, 0.6) is 0 Å². The lowest BCUT2D eigenvalue weighted by Crippen LogP contribution is -2.41. The van der Waals surface area contributed by atoms with E-state index in [-0.39, 0.29) is 22.0 Å². The molecule has 41 heavy (non-hydrogen) atoms. The van der Waals surface area contributed by atoms with E-state index in [4.69, 9.17) is 4.74 Å². The number of fused-ring (bicyclic) bond motifs is 1. The molecule has 1 aliphatic heterocycles. The maximum atomic E-state index is 6.34. The van der Waals surface area contributed by atoms with E-state index in [1.807, 2.05) is 0 Å². The van der Waals surface area contributed by atoms with E-state index in [0.29, 0.717) is 0 Å². The second-order valence-electron chi connectivity index (χ2n) is 14.1. The van der Waals surface area contributed by atoms with Crippen molar-refractivity contribution in [2.75, 3.05) is 0 Å². The van der Waals surface area contributed by atoms with Gasteiger partial charge in [-0.1, -0.05) is 135 Å². The second kappa shape index (κ2) is 13.6. The van der Waals surface area contributed by atoms with Crippen LogP contribution in [0, 0.1) is 10.8 Å². The molecule has 0 bridgehead atoms. The van der Waals surface area contributed by atoms with E-state index in [2.05, 4.69) is 154 Å². The molecule has 1 nitrogen and oxygen atoms in total. The van der Waals surface area contributed by atoms with E-state index in [1.54, 1.807) is 5.57 Å². The lowest BCUT2D eigenvalue weighted by molar-refractivity contribution is 0.166. The molecule has 2 atom stereocenters. The average Bonchev–Trinajstić information content (AvgIpc) is 3.52. The third-order valence-corrected chi connectivity index (χ3v) is 9.49. The highest BCUT2D eigenvalue weighted by atomic mass is 16.6. The van der Waals surface area contributed by atoms with Gasteiger partial charge in [-0.25, -0.2) is 0 Å². The van der Waals surface area contributed by atoms with Gasteiger partial charge in [0.1, 0.15) is 5.60 Å². The molecule has 1 saturated carbocycles. The summed E-state index contributed by atoms with van der Waals surface area (Å²) in [5, 5.41) is 0. The van der Waals surface area contributed by atoms with Gasteiger partial charge in [-0.05, 0) is 97.1 Å². The average molecular weight is 553 g/mol. The highest BCUT2D eigenvalue weighted by Gasteiger charge is 2.73. The summed E-state index contributed by atoms with van der Waals surface area (Å²) in [7, 11) is 0. The first kappa shape index (κ1) is 32.9. The summed E-state index contributed by atoms with van der Waals surface area (Å²) in [4.78, 5) is 0. The Kier molecular flexibility index (Phi) is 10.9. The van der Waals surface area contributed by atoms with Crippen molar-refractivity contribution in [3.63, 3.8) is 0 Å². The van der Waals surface area contributed by atoms with Crippen LogP contribution in [0.4, 0.5) is 0 Å². The van der Waals surface area contributed by atoms with Crippen molar-refractivity contribution in [3.8, 4) is 0 Å². The first-order valence-electron chi connectivity index (χ1n) is 15.7. The molecule has 0 amide bonds. The van der Waals surface area contributed by atoms with Gasteiger partial charge in [0.05, 0.1) is 5.60 Å². The van der Waals surface area contributed by atoms with Gasteiger partial charge in [0.25, 0.3) is 0 Å². The largest absolute Gasteiger partial charge is 0.358 e. The molecule has 0 aromatic rings. The molecule has 3 aliphatic rings. The van der Waals surface area contributed by atoms with Crippen LogP contribution in [0.2, 0.25) is 0 Å². The van der Waals surface area contributed by atoms with Crippen molar-refractivity contribution >= 4 is 0 Å². The highest BCUT2D eigenvalue weighted by molar-refractivity contribution is 5.38. The molecule has 0 aromatic carbocycles. The Morgan fingerprint density at radius 1 is 0.634 bits per heavy atom. The van der Waals surface area contributed by atoms with Gasteiger partial charge >= 0.3 is 0 Å². The molecule has 0 aromatic heterocycles. The van der Waals surface area contributed by atoms with Crippen LogP contribution in [0.15, 0.2) is 119 Å². The van der Waals surface area contributed by atoms with Gasteiger partial charge in [-0.2, -0.15) is 0 Å². The predicted molar refractivity (Wildman–Crippen MR) is 181 cm³/mol. The van der Waals surface area contributed by atoms with Gasteiger partial charge in [-0.15, -0.1) is 0 Å². The van der Waals surface area contributed by atoms with Crippen LogP contribution >= 0.6 is 0 Å². The quantitative estimate of drug-likeness (QED) is 0.194. The van der Waals surface area contributed by atoms with Crippen molar-refractivity contribution in [1.29, 1.82) is 0 Å². The molecule has 1 saturated heterocycles. The molecule has 0 spiro atoms. The van der Waals surface area contributed by atoms with Gasteiger partial charge in [-0.3, -0.25) is 0 Å². The lowest BCUT2D eigenvalue weighted by atomic mass is 9.64. The zero-order valence-corrected chi connectivity index (χ0v) is 27.7. The zero-order chi connectivity index (χ0) is 30.3. The van der Waals surface area contributed by atoms with Crippen molar-refractivity contribution in [1.82, 2.24) is 0 Å². The van der Waals surface area contributed by atoms with Gasteiger partial charge in [0, 0.05) is 5.41 Å². The van der Waals surface area contributed by atoms with E-state index in [0.717, 1.165) is 6.42 Å².